The highest BCUT2D eigenvalue weighted by Gasteiger charge is 2.14. The number of rotatable bonds is 6. The van der Waals surface area contributed by atoms with Gasteiger partial charge in [-0.25, -0.2) is 0 Å². The summed E-state index contributed by atoms with van der Waals surface area (Å²) in [6.45, 7) is 2.50. The molecule has 0 amide bonds. The van der Waals surface area contributed by atoms with Crippen molar-refractivity contribution in [3.63, 3.8) is 0 Å². The average Bonchev–Trinajstić information content (AvgIpc) is 3.04. The molecule has 3 rings (SSSR count). The molecule has 0 saturated carbocycles. The van der Waals surface area contributed by atoms with E-state index in [1.165, 1.54) is 11.8 Å². The molecule has 7 heteroatoms. The molecule has 1 heterocycles. The summed E-state index contributed by atoms with van der Waals surface area (Å²) < 4.78 is 11.3. The maximum Gasteiger partial charge on any atom is 0.277 e. The molecule has 0 aliphatic carbocycles. The number of benzene rings is 2. The minimum absolute atomic E-state index is 0.434. The second kappa shape index (κ2) is 7.92. The zero-order valence-electron chi connectivity index (χ0n) is 12.8. The first-order valence-corrected chi connectivity index (χ1v) is 9.04. The van der Waals surface area contributed by atoms with E-state index in [-0.39, 0.29) is 0 Å². The van der Waals surface area contributed by atoms with Gasteiger partial charge in [-0.15, -0.1) is 10.2 Å². The van der Waals surface area contributed by atoms with Crippen molar-refractivity contribution >= 4 is 35.0 Å². The van der Waals surface area contributed by atoms with Crippen LogP contribution in [0.1, 0.15) is 12.5 Å². The van der Waals surface area contributed by atoms with Crippen molar-refractivity contribution < 1.29 is 9.15 Å². The first-order chi connectivity index (χ1) is 11.7. The van der Waals surface area contributed by atoms with Gasteiger partial charge >= 0.3 is 0 Å². The van der Waals surface area contributed by atoms with Crippen LogP contribution < -0.4 is 4.74 Å². The molecule has 4 nitrogen and oxygen atoms in total. The van der Waals surface area contributed by atoms with Gasteiger partial charge in [-0.2, -0.15) is 0 Å². The third-order valence-electron chi connectivity index (χ3n) is 3.19. The maximum absolute atomic E-state index is 6.17. The summed E-state index contributed by atoms with van der Waals surface area (Å²) in [7, 11) is 0. The number of halogens is 2. The van der Waals surface area contributed by atoms with E-state index in [9.17, 15) is 0 Å². The van der Waals surface area contributed by atoms with Crippen molar-refractivity contribution in [2.24, 2.45) is 0 Å². The summed E-state index contributed by atoms with van der Waals surface area (Å²) in [6, 6.07) is 13.0. The predicted molar refractivity (Wildman–Crippen MR) is 96.9 cm³/mol. The van der Waals surface area contributed by atoms with Crippen molar-refractivity contribution in [1.82, 2.24) is 10.2 Å². The Kier molecular flexibility index (Phi) is 5.66. The monoisotopic (exact) mass is 380 g/mol. The minimum Gasteiger partial charge on any atom is -0.493 e. The van der Waals surface area contributed by atoms with Crippen molar-refractivity contribution in [1.29, 1.82) is 0 Å². The van der Waals surface area contributed by atoms with Gasteiger partial charge in [0.05, 0.1) is 12.2 Å². The van der Waals surface area contributed by atoms with Crippen LogP contribution in [0, 0.1) is 0 Å². The fourth-order valence-corrected chi connectivity index (χ4v) is 3.40. The van der Waals surface area contributed by atoms with Crippen molar-refractivity contribution in [2.45, 2.75) is 17.9 Å². The number of nitrogens with zero attached hydrogens (tertiary/aromatic N) is 2. The van der Waals surface area contributed by atoms with E-state index in [0.717, 1.165) is 16.9 Å². The Balaban J connectivity index is 1.74. The van der Waals surface area contributed by atoms with E-state index in [1.54, 1.807) is 12.1 Å². The Bertz CT molecular complexity index is 839. The molecule has 0 radical (unpaired) electrons. The van der Waals surface area contributed by atoms with Gasteiger partial charge < -0.3 is 9.15 Å². The number of para-hydroxylation sites is 1. The Labute approximate surface area is 154 Å². The number of hydrogen-bond acceptors (Lipinski definition) is 5. The fraction of sp³-hybridized carbons (Fsp3) is 0.176. The molecule has 0 bridgehead atoms. The van der Waals surface area contributed by atoms with Crippen LogP contribution in [-0.2, 0) is 5.75 Å². The lowest BCUT2D eigenvalue weighted by Gasteiger charge is -2.06. The zero-order valence-corrected chi connectivity index (χ0v) is 15.2. The normalized spacial score (nSPS) is 10.8. The largest absolute Gasteiger partial charge is 0.493 e. The summed E-state index contributed by atoms with van der Waals surface area (Å²) in [4.78, 5) is 0. The van der Waals surface area contributed by atoms with Crippen LogP contribution in [0.25, 0.3) is 11.5 Å². The SMILES string of the molecule is CCOc1ccccc1-c1nnc(SCc2ccc(Cl)cc2Cl)o1. The van der Waals surface area contributed by atoms with E-state index < -0.39 is 0 Å². The maximum atomic E-state index is 6.17. The van der Waals surface area contributed by atoms with Gasteiger partial charge in [-0.1, -0.05) is 53.2 Å². The molecule has 0 aliphatic heterocycles. The van der Waals surface area contributed by atoms with E-state index in [0.29, 0.717) is 33.5 Å². The van der Waals surface area contributed by atoms with Crippen molar-refractivity contribution in [3.8, 4) is 17.2 Å². The van der Waals surface area contributed by atoms with Gasteiger partial charge in [0.15, 0.2) is 0 Å². The van der Waals surface area contributed by atoms with Gasteiger partial charge in [-0.05, 0) is 36.8 Å². The number of ether oxygens (including phenoxy) is 1. The third-order valence-corrected chi connectivity index (χ3v) is 4.64. The molecule has 124 valence electrons. The van der Waals surface area contributed by atoms with Gasteiger partial charge in [0, 0.05) is 15.8 Å². The van der Waals surface area contributed by atoms with Crippen molar-refractivity contribution in [2.75, 3.05) is 6.61 Å². The van der Waals surface area contributed by atoms with Gasteiger partial charge in [0.2, 0.25) is 0 Å². The van der Waals surface area contributed by atoms with Gasteiger partial charge in [-0.3, -0.25) is 0 Å². The number of hydrogen-bond donors (Lipinski definition) is 0. The van der Waals surface area contributed by atoms with Crippen LogP contribution in [0.3, 0.4) is 0 Å². The Morgan fingerprint density at radius 2 is 1.96 bits per heavy atom. The lowest BCUT2D eigenvalue weighted by atomic mass is 10.2. The molecule has 24 heavy (non-hydrogen) atoms. The van der Waals surface area contributed by atoms with Crippen LogP contribution >= 0.6 is 35.0 Å². The zero-order chi connectivity index (χ0) is 16.9. The highest BCUT2D eigenvalue weighted by atomic mass is 35.5. The summed E-state index contributed by atoms with van der Waals surface area (Å²) in [5.41, 5.74) is 1.74. The van der Waals surface area contributed by atoms with Crippen LogP contribution in [0.15, 0.2) is 52.1 Å². The smallest absolute Gasteiger partial charge is 0.277 e. The fourth-order valence-electron chi connectivity index (χ4n) is 2.08. The number of thioether (sulfide) groups is 1. The first-order valence-electron chi connectivity index (χ1n) is 7.30. The van der Waals surface area contributed by atoms with E-state index in [2.05, 4.69) is 10.2 Å². The van der Waals surface area contributed by atoms with Crippen molar-refractivity contribution in [3.05, 3.63) is 58.1 Å². The topological polar surface area (TPSA) is 48.2 Å². The molecule has 0 aliphatic rings. The summed E-state index contributed by atoms with van der Waals surface area (Å²) in [6.07, 6.45) is 0. The van der Waals surface area contributed by atoms with Gasteiger partial charge in [0.1, 0.15) is 5.75 Å². The molecule has 3 aromatic rings. The summed E-state index contributed by atoms with van der Waals surface area (Å²) >= 11 is 13.5. The Morgan fingerprint density at radius 1 is 1.12 bits per heavy atom. The molecule has 0 fully saturated rings. The summed E-state index contributed by atoms with van der Waals surface area (Å²) in [5.74, 6) is 1.77. The van der Waals surface area contributed by atoms with E-state index in [1.807, 2.05) is 37.3 Å². The van der Waals surface area contributed by atoms with Gasteiger partial charge in [0.25, 0.3) is 11.1 Å². The average molecular weight is 381 g/mol. The molecule has 0 N–H and O–H groups in total. The highest BCUT2D eigenvalue weighted by Crippen LogP contribution is 2.32. The van der Waals surface area contributed by atoms with E-state index >= 15 is 0 Å². The second-order valence-electron chi connectivity index (χ2n) is 4.83. The standard InChI is InChI=1S/C17H14Cl2N2O2S/c1-2-22-15-6-4-3-5-13(15)16-20-21-17(23-16)24-10-11-7-8-12(18)9-14(11)19/h3-9H,2,10H2,1H3. The molecule has 2 aromatic carbocycles. The molecule has 0 spiro atoms. The molecule has 1 aromatic heterocycles. The first kappa shape index (κ1) is 17.1. The van der Waals surface area contributed by atoms with Crippen LogP contribution in [0.2, 0.25) is 10.0 Å². The molecule has 0 atom stereocenters. The minimum atomic E-state index is 0.434. The quantitative estimate of drug-likeness (QED) is 0.510. The van der Waals surface area contributed by atoms with Crippen LogP contribution in [0.5, 0.6) is 5.75 Å². The second-order valence-corrected chi connectivity index (χ2v) is 6.60. The van der Waals surface area contributed by atoms with Crippen LogP contribution in [-0.4, -0.2) is 16.8 Å². The molecular weight excluding hydrogens is 367 g/mol. The predicted octanol–water partition coefficient (Wildman–Crippen LogP) is 5.73. The number of aromatic nitrogens is 2. The highest BCUT2D eigenvalue weighted by molar-refractivity contribution is 7.98. The van der Waals surface area contributed by atoms with Crippen LogP contribution in [0.4, 0.5) is 0 Å². The van der Waals surface area contributed by atoms with E-state index in [4.69, 9.17) is 32.4 Å². The third kappa shape index (κ3) is 4.04. The molecular formula is C17H14Cl2N2O2S. The molecule has 0 unspecified atom stereocenters. The molecule has 0 saturated heterocycles. The summed E-state index contributed by atoms with van der Waals surface area (Å²) in [5, 5.41) is 9.89. The lowest BCUT2D eigenvalue weighted by molar-refractivity contribution is 0.340. The Hall–Kier alpha value is -1.69. The Morgan fingerprint density at radius 3 is 2.75 bits per heavy atom. The lowest BCUT2D eigenvalue weighted by Crippen LogP contribution is -1.93.